The smallest absolute Gasteiger partial charge is 0.243 e. The van der Waals surface area contributed by atoms with Gasteiger partial charge in [-0.25, -0.2) is 0 Å². The van der Waals surface area contributed by atoms with Gasteiger partial charge in [0.1, 0.15) is 11.8 Å². The Kier molecular flexibility index (Phi) is 8.78. The molecule has 0 spiro atoms. The van der Waals surface area contributed by atoms with Crippen molar-refractivity contribution in [3.8, 4) is 5.75 Å². The molecule has 7 heteroatoms. The van der Waals surface area contributed by atoms with Crippen molar-refractivity contribution in [3.05, 3.63) is 63.6 Å². The summed E-state index contributed by atoms with van der Waals surface area (Å²) in [5, 5.41) is 3.83. The number of benzene rings is 2. The molecule has 0 bridgehead atoms. The molecule has 2 amide bonds. The van der Waals surface area contributed by atoms with Crippen LogP contribution in [0, 0.1) is 0 Å². The average Bonchev–Trinajstić information content (AvgIpc) is 2.69. The highest BCUT2D eigenvalue weighted by atomic mass is 35.5. The standard InChI is InChI=1S/C24H30Cl2N2O3/c1-6-21(23(30)27-24(2,3)4)28(15-16-7-10-18(31-5)11-8-16)22(29)14-17-9-12-19(25)20(26)13-17/h7-13,21H,6,14-15H2,1-5H3,(H,27,30). The van der Waals surface area contributed by atoms with Gasteiger partial charge in [-0.2, -0.15) is 0 Å². The van der Waals surface area contributed by atoms with Crippen molar-refractivity contribution in [2.75, 3.05) is 7.11 Å². The Labute approximate surface area is 194 Å². The van der Waals surface area contributed by atoms with Gasteiger partial charge in [0.05, 0.1) is 23.6 Å². The summed E-state index contributed by atoms with van der Waals surface area (Å²) >= 11 is 12.1. The van der Waals surface area contributed by atoms with Crippen molar-refractivity contribution in [2.45, 2.75) is 58.7 Å². The highest BCUT2D eigenvalue weighted by Crippen LogP contribution is 2.24. The minimum atomic E-state index is -0.600. The molecule has 31 heavy (non-hydrogen) atoms. The molecule has 0 saturated carbocycles. The first-order valence-corrected chi connectivity index (χ1v) is 11.0. The summed E-state index contributed by atoms with van der Waals surface area (Å²) in [4.78, 5) is 28.0. The molecule has 1 N–H and O–H groups in total. The molecular weight excluding hydrogens is 435 g/mol. The molecule has 2 rings (SSSR count). The van der Waals surface area contributed by atoms with Gasteiger partial charge in [0, 0.05) is 12.1 Å². The van der Waals surface area contributed by atoms with E-state index in [1.54, 1.807) is 30.2 Å². The first-order chi connectivity index (χ1) is 14.5. The van der Waals surface area contributed by atoms with E-state index >= 15 is 0 Å². The normalized spacial score (nSPS) is 12.2. The number of carbonyl (C=O) groups excluding carboxylic acids is 2. The summed E-state index contributed by atoms with van der Waals surface area (Å²) in [5.41, 5.74) is 1.25. The predicted molar refractivity (Wildman–Crippen MR) is 126 cm³/mol. The van der Waals surface area contributed by atoms with Gasteiger partial charge in [-0.1, -0.05) is 48.3 Å². The Morgan fingerprint density at radius 1 is 1.03 bits per heavy atom. The van der Waals surface area contributed by atoms with Gasteiger partial charge in [-0.05, 0) is 62.6 Å². The molecule has 1 unspecified atom stereocenters. The minimum absolute atomic E-state index is 0.117. The zero-order valence-corrected chi connectivity index (χ0v) is 20.2. The van der Waals surface area contributed by atoms with Crippen LogP contribution in [0.4, 0.5) is 0 Å². The summed E-state index contributed by atoms with van der Waals surface area (Å²) in [7, 11) is 1.60. The topological polar surface area (TPSA) is 58.6 Å². The molecule has 168 valence electrons. The highest BCUT2D eigenvalue weighted by Gasteiger charge is 2.30. The number of ether oxygens (including phenoxy) is 1. The van der Waals surface area contributed by atoms with Gasteiger partial charge in [0.2, 0.25) is 11.8 Å². The Bertz CT molecular complexity index is 908. The second kappa shape index (κ2) is 10.9. The van der Waals surface area contributed by atoms with Crippen molar-refractivity contribution in [3.63, 3.8) is 0 Å². The predicted octanol–water partition coefficient (Wildman–Crippen LogP) is 5.27. The van der Waals surface area contributed by atoms with Crippen LogP contribution in [0.3, 0.4) is 0 Å². The Morgan fingerprint density at radius 3 is 2.16 bits per heavy atom. The van der Waals surface area contributed by atoms with E-state index in [1.807, 2.05) is 52.0 Å². The average molecular weight is 465 g/mol. The third-order valence-corrected chi connectivity index (χ3v) is 5.47. The van der Waals surface area contributed by atoms with Crippen LogP contribution in [0.5, 0.6) is 5.75 Å². The minimum Gasteiger partial charge on any atom is -0.497 e. The second-order valence-electron chi connectivity index (χ2n) is 8.46. The van der Waals surface area contributed by atoms with Crippen molar-refractivity contribution in [2.24, 2.45) is 0 Å². The zero-order valence-electron chi connectivity index (χ0n) is 18.7. The van der Waals surface area contributed by atoms with Gasteiger partial charge in [-0.15, -0.1) is 0 Å². The maximum atomic E-state index is 13.4. The summed E-state index contributed by atoms with van der Waals surface area (Å²) in [6.07, 6.45) is 0.609. The van der Waals surface area contributed by atoms with Crippen LogP contribution in [0.25, 0.3) is 0 Å². The number of nitrogens with zero attached hydrogens (tertiary/aromatic N) is 1. The number of carbonyl (C=O) groups is 2. The Morgan fingerprint density at radius 2 is 1.65 bits per heavy atom. The van der Waals surface area contributed by atoms with E-state index in [4.69, 9.17) is 27.9 Å². The van der Waals surface area contributed by atoms with E-state index in [2.05, 4.69) is 5.32 Å². The fourth-order valence-electron chi connectivity index (χ4n) is 3.23. The van der Waals surface area contributed by atoms with E-state index in [1.165, 1.54) is 0 Å². The fraction of sp³-hybridized carbons (Fsp3) is 0.417. The van der Waals surface area contributed by atoms with Crippen LogP contribution in [-0.4, -0.2) is 35.4 Å². The van der Waals surface area contributed by atoms with Crippen LogP contribution in [0.15, 0.2) is 42.5 Å². The number of methoxy groups -OCH3 is 1. The number of halogens is 2. The first kappa shape index (κ1) is 25.0. The largest absolute Gasteiger partial charge is 0.497 e. The second-order valence-corrected chi connectivity index (χ2v) is 9.27. The van der Waals surface area contributed by atoms with Gasteiger partial charge in [-0.3, -0.25) is 9.59 Å². The van der Waals surface area contributed by atoms with Gasteiger partial charge >= 0.3 is 0 Å². The van der Waals surface area contributed by atoms with Crippen molar-refractivity contribution in [1.82, 2.24) is 10.2 Å². The van der Waals surface area contributed by atoms with Crippen LogP contribution < -0.4 is 10.1 Å². The van der Waals surface area contributed by atoms with E-state index in [0.29, 0.717) is 23.0 Å². The molecule has 2 aromatic rings. The van der Waals surface area contributed by atoms with E-state index in [9.17, 15) is 9.59 Å². The summed E-state index contributed by atoms with van der Waals surface area (Å²) in [5.74, 6) is 0.395. The quantitative estimate of drug-likeness (QED) is 0.578. The summed E-state index contributed by atoms with van der Waals surface area (Å²) in [6, 6.07) is 12.0. The van der Waals surface area contributed by atoms with Crippen LogP contribution in [0.1, 0.15) is 45.2 Å². The van der Waals surface area contributed by atoms with Gasteiger partial charge in [0.25, 0.3) is 0 Å². The van der Waals surface area contributed by atoms with Crippen molar-refractivity contribution >= 4 is 35.0 Å². The monoisotopic (exact) mass is 464 g/mol. The van der Waals surface area contributed by atoms with E-state index < -0.39 is 11.6 Å². The molecule has 0 fully saturated rings. The fourth-order valence-corrected chi connectivity index (χ4v) is 3.55. The lowest BCUT2D eigenvalue weighted by Gasteiger charge is -2.33. The number of nitrogens with one attached hydrogen (secondary N) is 1. The molecule has 0 saturated heterocycles. The van der Waals surface area contributed by atoms with Gasteiger partial charge < -0.3 is 15.0 Å². The molecule has 0 heterocycles. The molecule has 0 aliphatic rings. The number of hydrogen-bond acceptors (Lipinski definition) is 3. The maximum Gasteiger partial charge on any atom is 0.243 e. The Hall–Kier alpha value is -2.24. The van der Waals surface area contributed by atoms with Crippen LogP contribution >= 0.6 is 23.2 Å². The molecule has 2 aromatic carbocycles. The number of amides is 2. The number of rotatable bonds is 8. The van der Waals surface area contributed by atoms with E-state index in [0.717, 1.165) is 16.9 Å². The lowest BCUT2D eigenvalue weighted by atomic mass is 10.0. The highest BCUT2D eigenvalue weighted by molar-refractivity contribution is 6.42. The van der Waals surface area contributed by atoms with Crippen LogP contribution in [0.2, 0.25) is 10.0 Å². The number of hydrogen-bond donors (Lipinski definition) is 1. The molecule has 5 nitrogen and oxygen atoms in total. The SMILES string of the molecule is CCC(C(=O)NC(C)(C)C)N(Cc1ccc(OC)cc1)C(=O)Cc1ccc(Cl)c(Cl)c1. The molecule has 0 aromatic heterocycles. The van der Waals surface area contributed by atoms with E-state index in [-0.39, 0.29) is 18.2 Å². The zero-order chi connectivity index (χ0) is 23.2. The molecule has 1 atom stereocenters. The first-order valence-electron chi connectivity index (χ1n) is 10.2. The summed E-state index contributed by atoms with van der Waals surface area (Å²) in [6.45, 7) is 7.97. The lowest BCUT2D eigenvalue weighted by molar-refractivity contribution is -0.141. The molecule has 0 aliphatic heterocycles. The van der Waals surface area contributed by atoms with Gasteiger partial charge in [0.15, 0.2) is 0 Å². The van der Waals surface area contributed by atoms with Crippen molar-refractivity contribution in [1.29, 1.82) is 0 Å². The third kappa shape index (κ3) is 7.44. The third-order valence-electron chi connectivity index (χ3n) is 4.74. The molecule has 0 aliphatic carbocycles. The maximum absolute atomic E-state index is 13.4. The Balaban J connectivity index is 2.32. The lowest BCUT2D eigenvalue weighted by Crippen LogP contribution is -2.53. The summed E-state index contributed by atoms with van der Waals surface area (Å²) < 4.78 is 5.22. The van der Waals surface area contributed by atoms with Crippen molar-refractivity contribution < 1.29 is 14.3 Å². The molecular formula is C24H30Cl2N2O3. The van der Waals surface area contributed by atoms with Crippen LogP contribution in [-0.2, 0) is 22.6 Å². The molecule has 0 radical (unpaired) electrons.